The zero-order valence-electron chi connectivity index (χ0n) is 9.18. The lowest BCUT2D eigenvalue weighted by Crippen LogP contribution is -2.21. The molecule has 1 rings (SSSR count). The Bertz CT molecular complexity index is 325. The van der Waals surface area contributed by atoms with Crippen LogP contribution in [0.2, 0.25) is 0 Å². The van der Waals surface area contributed by atoms with Crippen LogP contribution in [0.25, 0.3) is 0 Å². The van der Waals surface area contributed by atoms with Gasteiger partial charge < -0.3 is 10.2 Å². The molecule has 0 fully saturated rings. The Morgan fingerprint density at radius 3 is 2.53 bits per heavy atom. The van der Waals surface area contributed by atoms with Crippen molar-refractivity contribution in [3.05, 3.63) is 16.4 Å². The van der Waals surface area contributed by atoms with Gasteiger partial charge in [-0.1, -0.05) is 6.92 Å². The van der Waals surface area contributed by atoms with Gasteiger partial charge in [-0.15, -0.1) is 0 Å². The first-order chi connectivity index (χ1) is 6.99. The van der Waals surface area contributed by atoms with Crippen LogP contribution in [0.5, 0.6) is 0 Å². The number of aliphatic hydroxyl groups is 2. The Hall–Kier alpha value is -0.390. The highest BCUT2D eigenvalue weighted by Crippen LogP contribution is 2.28. The number of halogens is 1. The van der Waals surface area contributed by atoms with Crippen LogP contribution in [0.3, 0.4) is 0 Å². The monoisotopic (exact) mass is 276 g/mol. The smallest absolute Gasteiger partial charge is 0.123 e. The number of hydrogen-bond donors (Lipinski definition) is 2. The Labute approximate surface area is 98.0 Å². The molecule has 5 heteroatoms. The van der Waals surface area contributed by atoms with E-state index in [-0.39, 0.29) is 6.04 Å². The molecule has 0 saturated heterocycles. The maximum atomic E-state index is 9.95. The maximum absolute atomic E-state index is 9.95. The summed E-state index contributed by atoms with van der Waals surface area (Å²) in [6.45, 7) is 5.79. The zero-order chi connectivity index (χ0) is 11.6. The SMILES string of the molecule is CCC(O)C(O)c1c(Br)cnn1C(C)C. The molecule has 0 bridgehead atoms. The number of rotatable bonds is 4. The van der Waals surface area contributed by atoms with Crippen LogP contribution in [0.1, 0.15) is 45.0 Å². The summed E-state index contributed by atoms with van der Waals surface area (Å²) in [4.78, 5) is 0. The molecule has 15 heavy (non-hydrogen) atoms. The third kappa shape index (κ3) is 2.59. The molecule has 0 aliphatic carbocycles. The van der Waals surface area contributed by atoms with Gasteiger partial charge in [-0.05, 0) is 36.2 Å². The van der Waals surface area contributed by atoms with Gasteiger partial charge in [-0.2, -0.15) is 5.10 Å². The van der Waals surface area contributed by atoms with Crippen LogP contribution >= 0.6 is 15.9 Å². The summed E-state index contributed by atoms with van der Waals surface area (Å²) in [7, 11) is 0. The maximum Gasteiger partial charge on any atom is 0.123 e. The van der Waals surface area contributed by atoms with Crippen molar-refractivity contribution in [2.75, 3.05) is 0 Å². The fraction of sp³-hybridized carbons (Fsp3) is 0.700. The van der Waals surface area contributed by atoms with Gasteiger partial charge in [0.2, 0.25) is 0 Å². The zero-order valence-corrected chi connectivity index (χ0v) is 10.8. The van der Waals surface area contributed by atoms with Crippen LogP contribution in [-0.4, -0.2) is 26.1 Å². The first kappa shape index (κ1) is 12.7. The summed E-state index contributed by atoms with van der Waals surface area (Å²) in [5, 5.41) is 23.7. The first-order valence-electron chi connectivity index (χ1n) is 5.08. The summed E-state index contributed by atoms with van der Waals surface area (Å²) >= 11 is 3.33. The average Bonchev–Trinajstić information content (AvgIpc) is 2.58. The van der Waals surface area contributed by atoms with Crippen molar-refractivity contribution in [1.29, 1.82) is 0 Å². The molecule has 0 saturated carbocycles. The lowest BCUT2D eigenvalue weighted by atomic mass is 10.1. The van der Waals surface area contributed by atoms with Crippen LogP contribution in [0.4, 0.5) is 0 Å². The van der Waals surface area contributed by atoms with E-state index in [0.717, 1.165) is 4.47 Å². The van der Waals surface area contributed by atoms with E-state index in [1.54, 1.807) is 10.9 Å². The minimum atomic E-state index is -0.894. The fourth-order valence-electron chi connectivity index (χ4n) is 1.44. The molecule has 2 unspecified atom stereocenters. The van der Waals surface area contributed by atoms with Crippen LogP contribution < -0.4 is 0 Å². The largest absolute Gasteiger partial charge is 0.390 e. The molecule has 1 aromatic heterocycles. The molecule has 0 aliphatic rings. The van der Waals surface area contributed by atoms with Crippen molar-refractivity contribution in [3.63, 3.8) is 0 Å². The molecule has 2 N–H and O–H groups in total. The van der Waals surface area contributed by atoms with Gasteiger partial charge in [0.15, 0.2) is 0 Å². The quantitative estimate of drug-likeness (QED) is 0.885. The van der Waals surface area contributed by atoms with Gasteiger partial charge in [0, 0.05) is 6.04 Å². The van der Waals surface area contributed by atoms with E-state index in [9.17, 15) is 10.2 Å². The molecule has 0 amide bonds. The molecule has 4 nitrogen and oxygen atoms in total. The fourth-order valence-corrected chi connectivity index (χ4v) is 1.95. The molecule has 1 aromatic rings. The topological polar surface area (TPSA) is 58.3 Å². The van der Waals surface area contributed by atoms with Gasteiger partial charge in [0.05, 0.1) is 22.5 Å². The average molecular weight is 277 g/mol. The first-order valence-corrected chi connectivity index (χ1v) is 5.87. The minimum absolute atomic E-state index is 0.157. The molecule has 1 heterocycles. The number of hydrogen-bond acceptors (Lipinski definition) is 3. The summed E-state index contributed by atoms with van der Waals surface area (Å²) < 4.78 is 2.45. The van der Waals surface area contributed by atoms with E-state index in [4.69, 9.17) is 0 Å². The highest BCUT2D eigenvalue weighted by Gasteiger charge is 2.24. The van der Waals surface area contributed by atoms with Gasteiger partial charge in [0.1, 0.15) is 6.10 Å². The number of aromatic nitrogens is 2. The summed E-state index contributed by atoms with van der Waals surface area (Å²) in [5.41, 5.74) is 0.638. The molecule has 0 aromatic carbocycles. The molecular formula is C10H17BrN2O2. The molecule has 2 atom stereocenters. The van der Waals surface area contributed by atoms with Gasteiger partial charge in [-0.25, -0.2) is 0 Å². The van der Waals surface area contributed by atoms with E-state index in [1.807, 2.05) is 20.8 Å². The number of nitrogens with zero attached hydrogens (tertiary/aromatic N) is 2. The third-order valence-corrected chi connectivity index (χ3v) is 2.95. The van der Waals surface area contributed by atoms with E-state index < -0.39 is 12.2 Å². The summed E-state index contributed by atoms with van der Waals surface area (Å²) in [6.07, 6.45) is 0.502. The van der Waals surface area contributed by atoms with Gasteiger partial charge in [0.25, 0.3) is 0 Å². The third-order valence-electron chi connectivity index (χ3n) is 2.34. The highest BCUT2D eigenvalue weighted by atomic mass is 79.9. The Kier molecular flexibility index (Phi) is 4.31. The second-order valence-corrected chi connectivity index (χ2v) is 4.69. The standard InChI is InChI=1S/C10H17BrN2O2/c1-4-8(14)10(15)9-7(11)5-12-13(9)6(2)3/h5-6,8,10,14-15H,4H2,1-3H3. The highest BCUT2D eigenvalue weighted by molar-refractivity contribution is 9.10. The predicted molar refractivity (Wildman–Crippen MR) is 61.6 cm³/mol. The van der Waals surface area contributed by atoms with Crippen molar-refractivity contribution >= 4 is 15.9 Å². The van der Waals surface area contributed by atoms with Crippen molar-refractivity contribution < 1.29 is 10.2 Å². The van der Waals surface area contributed by atoms with E-state index in [2.05, 4.69) is 21.0 Å². The van der Waals surface area contributed by atoms with Crippen LogP contribution in [0, 0.1) is 0 Å². The lowest BCUT2D eigenvalue weighted by Gasteiger charge is -2.20. The lowest BCUT2D eigenvalue weighted by molar-refractivity contribution is 0.0101. The van der Waals surface area contributed by atoms with Gasteiger partial charge >= 0.3 is 0 Å². The summed E-state index contributed by atoms with van der Waals surface area (Å²) in [5.74, 6) is 0. The Morgan fingerprint density at radius 1 is 1.47 bits per heavy atom. The Morgan fingerprint density at radius 2 is 2.07 bits per heavy atom. The molecular weight excluding hydrogens is 260 g/mol. The van der Waals surface area contributed by atoms with Crippen LogP contribution in [0.15, 0.2) is 10.7 Å². The summed E-state index contributed by atoms with van der Waals surface area (Å²) in [6, 6.07) is 0.157. The Balaban J connectivity index is 3.06. The van der Waals surface area contributed by atoms with E-state index in [1.165, 1.54) is 0 Å². The van der Waals surface area contributed by atoms with E-state index in [0.29, 0.717) is 12.1 Å². The van der Waals surface area contributed by atoms with E-state index >= 15 is 0 Å². The molecule has 0 aliphatic heterocycles. The predicted octanol–water partition coefficient (Wildman–Crippen LogP) is 2.03. The second kappa shape index (κ2) is 5.09. The minimum Gasteiger partial charge on any atom is -0.390 e. The number of aliphatic hydroxyl groups excluding tert-OH is 2. The van der Waals surface area contributed by atoms with Crippen molar-refractivity contribution in [1.82, 2.24) is 9.78 Å². The molecule has 0 radical (unpaired) electrons. The second-order valence-electron chi connectivity index (χ2n) is 3.84. The van der Waals surface area contributed by atoms with Gasteiger partial charge in [-0.3, -0.25) is 4.68 Å². The molecule has 86 valence electrons. The molecule has 0 spiro atoms. The van der Waals surface area contributed by atoms with Crippen molar-refractivity contribution in [2.24, 2.45) is 0 Å². The van der Waals surface area contributed by atoms with Crippen LogP contribution in [-0.2, 0) is 0 Å². The van der Waals surface area contributed by atoms with Crippen molar-refractivity contribution in [2.45, 2.75) is 45.4 Å². The normalized spacial score (nSPS) is 15.7. The van der Waals surface area contributed by atoms with Crippen molar-refractivity contribution in [3.8, 4) is 0 Å².